The molecule has 0 aromatic carbocycles. The van der Waals surface area contributed by atoms with Crippen molar-refractivity contribution < 1.29 is 0 Å². The first-order chi connectivity index (χ1) is 10.9. The fourth-order valence-electron chi connectivity index (χ4n) is 2.35. The van der Waals surface area contributed by atoms with E-state index >= 15 is 0 Å². The van der Waals surface area contributed by atoms with Gasteiger partial charge < -0.3 is 0 Å². The Bertz CT molecular complexity index is 727. The highest BCUT2D eigenvalue weighted by atomic mass is 15.1. The first-order valence-electron chi connectivity index (χ1n) is 7.58. The Labute approximate surface area is 130 Å². The van der Waals surface area contributed by atoms with Crippen molar-refractivity contribution in [2.45, 2.75) is 26.2 Å². The third-order valence-electron chi connectivity index (χ3n) is 3.51. The monoisotopic (exact) mass is 290 g/mol. The van der Waals surface area contributed by atoms with Crippen LogP contribution < -0.4 is 0 Å². The SMILES string of the molecule is CCCCc1cc(-c2ccccn2)nnc1-c1ccccn1. The Balaban J connectivity index is 2.04. The van der Waals surface area contributed by atoms with Crippen molar-refractivity contribution in [2.24, 2.45) is 0 Å². The lowest BCUT2D eigenvalue weighted by atomic mass is 10.0. The van der Waals surface area contributed by atoms with Crippen molar-refractivity contribution in [3.05, 3.63) is 60.4 Å². The van der Waals surface area contributed by atoms with Crippen LogP contribution in [-0.4, -0.2) is 20.2 Å². The number of rotatable bonds is 5. The van der Waals surface area contributed by atoms with Gasteiger partial charge in [-0.05, 0) is 48.7 Å². The number of pyridine rings is 2. The van der Waals surface area contributed by atoms with Gasteiger partial charge in [-0.2, -0.15) is 0 Å². The lowest BCUT2D eigenvalue weighted by molar-refractivity contribution is 0.789. The molecule has 0 spiro atoms. The van der Waals surface area contributed by atoms with Gasteiger partial charge in [0.05, 0.1) is 11.4 Å². The average Bonchev–Trinajstić information content (AvgIpc) is 2.61. The fraction of sp³-hybridized carbons (Fsp3) is 0.222. The van der Waals surface area contributed by atoms with E-state index in [1.807, 2.05) is 36.4 Å². The number of hydrogen-bond acceptors (Lipinski definition) is 4. The summed E-state index contributed by atoms with van der Waals surface area (Å²) in [5, 5.41) is 8.77. The van der Waals surface area contributed by atoms with Gasteiger partial charge in [0, 0.05) is 12.4 Å². The first kappa shape index (κ1) is 14.3. The highest BCUT2D eigenvalue weighted by Gasteiger charge is 2.11. The van der Waals surface area contributed by atoms with Crippen molar-refractivity contribution in [1.29, 1.82) is 0 Å². The molecule has 4 nitrogen and oxygen atoms in total. The second-order valence-corrected chi connectivity index (χ2v) is 5.14. The van der Waals surface area contributed by atoms with Crippen LogP contribution >= 0.6 is 0 Å². The molecular formula is C18H18N4. The molecule has 0 aliphatic carbocycles. The number of hydrogen-bond donors (Lipinski definition) is 0. The third kappa shape index (κ3) is 3.17. The van der Waals surface area contributed by atoms with Crippen molar-refractivity contribution in [3.63, 3.8) is 0 Å². The van der Waals surface area contributed by atoms with Crippen LogP contribution in [0.15, 0.2) is 54.9 Å². The van der Waals surface area contributed by atoms with E-state index in [1.165, 1.54) is 5.56 Å². The zero-order valence-electron chi connectivity index (χ0n) is 12.6. The molecule has 3 rings (SSSR count). The first-order valence-corrected chi connectivity index (χ1v) is 7.58. The lowest BCUT2D eigenvalue weighted by Gasteiger charge is -2.09. The topological polar surface area (TPSA) is 51.6 Å². The highest BCUT2D eigenvalue weighted by molar-refractivity contribution is 5.63. The number of aromatic nitrogens is 4. The predicted octanol–water partition coefficient (Wildman–Crippen LogP) is 3.94. The molecule has 0 atom stereocenters. The van der Waals surface area contributed by atoms with Gasteiger partial charge in [-0.1, -0.05) is 25.5 Å². The van der Waals surface area contributed by atoms with Crippen molar-refractivity contribution in [2.75, 3.05) is 0 Å². The van der Waals surface area contributed by atoms with Gasteiger partial charge in [-0.25, -0.2) is 0 Å². The Kier molecular flexibility index (Phi) is 4.49. The molecular weight excluding hydrogens is 272 g/mol. The smallest absolute Gasteiger partial charge is 0.115 e. The third-order valence-corrected chi connectivity index (χ3v) is 3.51. The van der Waals surface area contributed by atoms with Gasteiger partial charge in [0.15, 0.2) is 0 Å². The van der Waals surface area contributed by atoms with Crippen LogP contribution in [0.2, 0.25) is 0 Å². The van der Waals surface area contributed by atoms with E-state index in [1.54, 1.807) is 12.4 Å². The Morgan fingerprint density at radius 2 is 1.55 bits per heavy atom. The molecule has 0 radical (unpaired) electrons. The van der Waals surface area contributed by atoms with Crippen LogP contribution in [0, 0.1) is 0 Å². The molecule has 0 fully saturated rings. The summed E-state index contributed by atoms with van der Waals surface area (Å²) < 4.78 is 0. The molecule has 110 valence electrons. The van der Waals surface area contributed by atoms with E-state index < -0.39 is 0 Å². The Morgan fingerprint density at radius 1 is 0.818 bits per heavy atom. The van der Waals surface area contributed by atoms with Gasteiger partial charge in [0.25, 0.3) is 0 Å². The lowest BCUT2D eigenvalue weighted by Crippen LogP contribution is -2.00. The summed E-state index contributed by atoms with van der Waals surface area (Å²) in [7, 11) is 0. The van der Waals surface area contributed by atoms with Crippen LogP contribution in [0.5, 0.6) is 0 Å². The minimum atomic E-state index is 0.811. The predicted molar refractivity (Wildman–Crippen MR) is 87.1 cm³/mol. The van der Waals surface area contributed by atoms with Crippen LogP contribution in [0.25, 0.3) is 22.8 Å². The number of unbranched alkanes of at least 4 members (excludes halogenated alkanes) is 1. The summed E-state index contributed by atoms with van der Waals surface area (Å²) in [6.07, 6.45) is 6.79. The second kappa shape index (κ2) is 6.89. The van der Waals surface area contributed by atoms with E-state index in [2.05, 4.69) is 33.2 Å². The Morgan fingerprint density at radius 3 is 2.18 bits per heavy atom. The van der Waals surface area contributed by atoms with Crippen LogP contribution in [0.4, 0.5) is 0 Å². The average molecular weight is 290 g/mol. The molecule has 0 unspecified atom stereocenters. The molecule has 0 aliphatic heterocycles. The van der Waals surface area contributed by atoms with E-state index in [0.717, 1.165) is 42.0 Å². The standard InChI is InChI=1S/C18H18N4/c1-2-3-8-14-13-17(15-9-4-6-11-19-15)21-22-18(14)16-10-5-7-12-20-16/h4-7,9-13H,2-3,8H2,1H3. The molecule has 0 bridgehead atoms. The van der Waals surface area contributed by atoms with Crippen molar-refractivity contribution in [1.82, 2.24) is 20.2 Å². The molecule has 0 amide bonds. The summed E-state index contributed by atoms with van der Waals surface area (Å²) >= 11 is 0. The molecule has 4 heteroatoms. The molecule has 22 heavy (non-hydrogen) atoms. The fourth-order valence-corrected chi connectivity index (χ4v) is 2.35. The van der Waals surface area contributed by atoms with Crippen molar-refractivity contribution >= 4 is 0 Å². The van der Waals surface area contributed by atoms with Crippen LogP contribution in [0.1, 0.15) is 25.3 Å². The van der Waals surface area contributed by atoms with Gasteiger partial charge >= 0.3 is 0 Å². The maximum Gasteiger partial charge on any atom is 0.115 e. The largest absolute Gasteiger partial charge is 0.255 e. The van der Waals surface area contributed by atoms with E-state index in [0.29, 0.717) is 0 Å². The molecule has 0 N–H and O–H groups in total. The molecule has 0 saturated heterocycles. The zero-order chi connectivity index (χ0) is 15.2. The minimum Gasteiger partial charge on any atom is -0.255 e. The molecule has 3 aromatic heterocycles. The van der Waals surface area contributed by atoms with Crippen LogP contribution in [0.3, 0.4) is 0 Å². The van der Waals surface area contributed by atoms with Gasteiger partial charge in [-0.15, -0.1) is 10.2 Å². The van der Waals surface area contributed by atoms with E-state index in [9.17, 15) is 0 Å². The molecule has 3 aromatic rings. The quantitative estimate of drug-likeness (QED) is 0.714. The molecule has 0 aliphatic rings. The highest BCUT2D eigenvalue weighted by Crippen LogP contribution is 2.24. The summed E-state index contributed by atoms with van der Waals surface area (Å²) in [6, 6.07) is 13.8. The number of nitrogens with zero attached hydrogens (tertiary/aromatic N) is 4. The maximum atomic E-state index is 4.43. The maximum absolute atomic E-state index is 4.43. The van der Waals surface area contributed by atoms with Crippen molar-refractivity contribution in [3.8, 4) is 22.8 Å². The summed E-state index contributed by atoms with van der Waals surface area (Å²) in [5.41, 5.74) is 4.57. The van der Waals surface area contributed by atoms with Gasteiger partial charge in [0.1, 0.15) is 11.4 Å². The number of aryl methyl sites for hydroxylation is 1. The van der Waals surface area contributed by atoms with Crippen LogP contribution in [-0.2, 0) is 6.42 Å². The summed E-state index contributed by atoms with van der Waals surface area (Å²) in [4.78, 5) is 8.76. The van der Waals surface area contributed by atoms with E-state index in [-0.39, 0.29) is 0 Å². The van der Waals surface area contributed by atoms with Gasteiger partial charge in [0.2, 0.25) is 0 Å². The van der Waals surface area contributed by atoms with E-state index in [4.69, 9.17) is 0 Å². The normalized spacial score (nSPS) is 10.6. The zero-order valence-corrected chi connectivity index (χ0v) is 12.6. The summed E-state index contributed by atoms with van der Waals surface area (Å²) in [5.74, 6) is 0. The molecule has 0 saturated carbocycles. The molecule has 3 heterocycles. The second-order valence-electron chi connectivity index (χ2n) is 5.14. The minimum absolute atomic E-state index is 0.811. The van der Waals surface area contributed by atoms with Gasteiger partial charge in [-0.3, -0.25) is 9.97 Å². The Hall–Kier alpha value is -2.62. The summed E-state index contributed by atoms with van der Waals surface area (Å²) in [6.45, 7) is 2.19.